The first kappa shape index (κ1) is 22.1. The molecule has 1 N–H and O–H groups in total. The fourth-order valence-corrected chi connectivity index (χ4v) is 3.78. The van der Waals surface area contributed by atoms with E-state index in [9.17, 15) is 31.1 Å². The third kappa shape index (κ3) is 3.80. The minimum absolute atomic E-state index is 0.0174. The van der Waals surface area contributed by atoms with Gasteiger partial charge in [-0.2, -0.15) is 4.39 Å². The highest BCUT2D eigenvalue weighted by molar-refractivity contribution is 5.89. The Bertz CT molecular complexity index is 1250. The van der Waals surface area contributed by atoms with Crippen molar-refractivity contribution in [2.45, 2.75) is 45.2 Å². The molecule has 0 bridgehead atoms. The minimum Gasteiger partial charge on any atom is -0.363 e. The van der Waals surface area contributed by atoms with Gasteiger partial charge in [0.15, 0.2) is 0 Å². The Morgan fingerprint density at radius 2 is 1.78 bits per heavy atom. The molecule has 3 aromatic rings. The first-order chi connectivity index (χ1) is 15.1. The Labute approximate surface area is 178 Å². The number of aromatic nitrogens is 3. The van der Waals surface area contributed by atoms with Gasteiger partial charge in [0.1, 0.15) is 23.0 Å². The first-order valence-corrected chi connectivity index (χ1v) is 9.80. The lowest BCUT2D eigenvalue weighted by Gasteiger charge is -2.19. The van der Waals surface area contributed by atoms with Crippen LogP contribution in [0.15, 0.2) is 29.2 Å². The van der Waals surface area contributed by atoms with Crippen molar-refractivity contribution in [3.05, 3.63) is 63.3 Å². The van der Waals surface area contributed by atoms with Crippen LogP contribution in [0.2, 0.25) is 0 Å². The van der Waals surface area contributed by atoms with Gasteiger partial charge in [0.2, 0.25) is 12.2 Å². The summed E-state index contributed by atoms with van der Waals surface area (Å²) >= 11 is 0. The van der Waals surface area contributed by atoms with Gasteiger partial charge in [-0.1, -0.05) is 18.2 Å². The quantitative estimate of drug-likeness (QED) is 0.511. The van der Waals surface area contributed by atoms with Gasteiger partial charge in [-0.05, 0) is 20.3 Å². The number of fused-ring (bicyclic) bond motifs is 1. The molecule has 0 radical (unpaired) electrons. The van der Waals surface area contributed by atoms with Crippen LogP contribution < -0.4 is 10.9 Å². The van der Waals surface area contributed by atoms with Crippen molar-refractivity contribution in [1.82, 2.24) is 14.5 Å². The molecule has 170 valence electrons. The molecule has 0 spiro atoms. The van der Waals surface area contributed by atoms with Crippen molar-refractivity contribution < 1.29 is 26.3 Å². The molecule has 1 saturated carbocycles. The van der Waals surface area contributed by atoms with E-state index >= 15 is 0 Å². The second-order valence-corrected chi connectivity index (χ2v) is 7.76. The van der Waals surface area contributed by atoms with E-state index in [1.807, 2.05) is 0 Å². The summed E-state index contributed by atoms with van der Waals surface area (Å²) in [4.78, 5) is 20.5. The predicted molar refractivity (Wildman–Crippen MR) is 105 cm³/mol. The second kappa shape index (κ2) is 8.10. The Morgan fingerprint density at radius 3 is 2.41 bits per heavy atom. The average molecular weight is 456 g/mol. The molecule has 2 aromatic heterocycles. The summed E-state index contributed by atoms with van der Waals surface area (Å²) in [6.07, 6.45) is -4.43. The van der Waals surface area contributed by atoms with Gasteiger partial charge in [-0.15, -0.1) is 0 Å². The van der Waals surface area contributed by atoms with E-state index in [1.165, 1.54) is 32.2 Å². The largest absolute Gasteiger partial charge is 0.363 e. The van der Waals surface area contributed by atoms with E-state index in [2.05, 4.69) is 15.3 Å². The molecule has 11 heteroatoms. The molecule has 3 atom stereocenters. The fourth-order valence-electron chi connectivity index (χ4n) is 3.78. The molecular formula is C21H18F6N4O. The predicted octanol–water partition coefficient (Wildman–Crippen LogP) is 5.31. The molecule has 1 aliphatic rings. The molecular weight excluding hydrogens is 438 g/mol. The van der Waals surface area contributed by atoms with Crippen LogP contribution in [0.25, 0.3) is 10.9 Å². The van der Waals surface area contributed by atoms with Crippen LogP contribution in [-0.2, 0) is 0 Å². The van der Waals surface area contributed by atoms with Gasteiger partial charge in [0, 0.05) is 23.7 Å². The SMILES string of the molecule is Cc1nc(NC(C)c2cccc(C(F)F)c2F)c2cn(C3C[C@@H]3C(F)F)c(=O)c(F)c2n1. The molecule has 2 heterocycles. The summed E-state index contributed by atoms with van der Waals surface area (Å²) in [6, 6.07) is 1.86. The number of pyridine rings is 1. The fraction of sp³-hybridized carbons (Fsp3) is 0.381. The topological polar surface area (TPSA) is 59.8 Å². The van der Waals surface area contributed by atoms with Crippen molar-refractivity contribution in [2.24, 2.45) is 5.92 Å². The Morgan fingerprint density at radius 1 is 1.09 bits per heavy atom. The third-order valence-corrected chi connectivity index (χ3v) is 5.55. The summed E-state index contributed by atoms with van der Waals surface area (Å²) in [6.45, 7) is 2.95. The summed E-state index contributed by atoms with van der Waals surface area (Å²) in [7, 11) is 0. The van der Waals surface area contributed by atoms with E-state index in [4.69, 9.17) is 0 Å². The lowest BCUT2D eigenvalue weighted by Crippen LogP contribution is -2.24. The first-order valence-electron chi connectivity index (χ1n) is 9.80. The number of alkyl halides is 4. The van der Waals surface area contributed by atoms with Crippen molar-refractivity contribution in [3.8, 4) is 0 Å². The molecule has 0 amide bonds. The average Bonchev–Trinajstić information content (AvgIpc) is 3.52. The number of nitrogens with one attached hydrogen (secondary N) is 1. The zero-order valence-corrected chi connectivity index (χ0v) is 16.9. The highest BCUT2D eigenvalue weighted by Crippen LogP contribution is 2.47. The summed E-state index contributed by atoms with van der Waals surface area (Å²) < 4.78 is 82.3. The van der Waals surface area contributed by atoms with Crippen LogP contribution >= 0.6 is 0 Å². The van der Waals surface area contributed by atoms with E-state index in [1.54, 1.807) is 0 Å². The number of rotatable bonds is 6. The van der Waals surface area contributed by atoms with E-state index < -0.39 is 53.6 Å². The van der Waals surface area contributed by atoms with Gasteiger partial charge >= 0.3 is 0 Å². The van der Waals surface area contributed by atoms with Crippen molar-refractivity contribution in [2.75, 3.05) is 5.32 Å². The number of halogens is 6. The normalized spacial score (nSPS) is 19.1. The van der Waals surface area contributed by atoms with Crippen LogP contribution in [0.1, 0.15) is 48.8 Å². The Hall–Kier alpha value is -3.11. The number of hydrogen-bond donors (Lipinski definition) is 1. The Kier molecular flexibility index (Phi) is 5.59. The molecule has 4 rings (SSSR count). The molecule has 5 nitrogen and oxygen atoms in total. The summed E-state index contributed by atoms with van der Waals surface area (Å²) in [5.74, 6) is -3.24. The second-order valence-electron chi connectivity index (χ2n) is 7.76. The van der Waals surface area contributed by atoms with Crippen LogP contribution in [0, 0.1) is 24.5 Å². The molecule has 32 heavy (non-hydrogen) atoms. The highest BCUT2D eigenvalue weighted by atomic mass is 19.3. The standard InChI is InChI=1S/C21H18F6N4O/c1-8(10-4-3-5-11(15(10)22)18(24)25)28-20-13-7-31(14-6-12(14)19(26)27)21(32)16(23)17(13)29-9(2)30-20/h3-5,7-8,12,14,18-19H,6H2,1-2H3,(H,28,29,30)/t8?,12-,14?/m0/s1. The highest BCUT2D eigenvalue weighted by Gasteiger charge is 2.46. The number of hydrogen-bond acceptors (Lipinski definition) is 4. The van der Waals surface area contributed by atoms with Gasteiger partial charge in [0.05, 0.1) is 17.0 Å². The summed E-state index contributed by atoms with van der Waals surface area (Å²) in [5, 5.41) is 2.88. The maximum absolute atomic E-state index is 14.8. The van der Waals surface area contributed by atoms with Gasteiger partial charge in [0.25, 0.3) is 12.0 Å². The molecule has 1 fully saturated rings. The number of nitrogens with zero attached hydrogens (tertiary/aromatic N) is 3. The maximum Gasteiger partial charge on any atom is 0.289 e. The number of anilines is 1. The smallest absolute Gasteiger partial charge is 0.289 e. The maximum atomic E-state index is 14.8. The summed E-state index contributed by atoms with van der Waals surface area (Å²) in [5.41, 5.74) is -2.21. The van der Waals surface area contributed by atoms with Crippen LogP contribution in [0.4, 0.5) is 32.2 Å². The van der Waals surface area contributed by atoms with Crippen molar-refractivity contribution >= 4 is 16.7 Å². The molecule has 0 saturated heterocycles. The molecule has 1 aromatic carbocycles. The lowest BCUT2D eigenvalue weighted by molar-refractivity contribution is 0.116. The zero-order valence-electron chi connectivity index (χ0n) is 16.9. The van der Waals surface area contributed by atoms with E-state index in [0.717, 1.165) is 10.6 Å². The molecule has 2 unspecified atom stereocenters. The third-order valence-electron chi connectivity index (χ3n) is 5.55. The van der Waals surface area contributed by atoms with Gasteiger partial charge in [-0.25, -0.2) is 31.9 Å². The molecule has 1 aliphatic carbocycles. The monoisotopic (exact) mass is 456 g/mol. The van der Waals surface area contributed by atoms with Crippen molar-refractivity contribution in [3.63, 3.8) is 0 Å². The Balaban J connectivity index is 1.79. The van der Waals surface area contributed by atoms with Crippen LogP contribution in [0.3, 0.4) is 0 Å². The number of benzene rings is 1. The van der Waals surface area contributed by atoms with Crippen LogP contribution in [0.5, 0.6) is 0 Å². The molecule has 0 aliphatic heterocycles. The number of aryl methyl sites for hydroxylation is 1. The van der Waals surface area contributed by atoms with Crippen molar-refractivity contribution in [1.29, 1.82) is 0 Å². The lowest BCUT2D eigenvalue weighted by atomic mass is 10.0. The van der Waals surface area contributed by atoms with E-state index in [0.29, 0.717) is 0 Å². The zero-order chi connectivity index (χ0) is 23.3. The van der Waals surface area contributed by atoms with Crippen LogP contribution in [-0.4, -0.2) is 21.0 Å². The van der Waals surface area contributed by atoms with E-state index in [-0.39, 0.29) is 34.5 Å². The van der Waals surface area contributed by atoms with Gasteiger partial charge < -0.3 is 9.88 Å². The minimum atomic E-state index is -3.01. The van der Waals surface area contributed by atoms with Gasteiger partial charge in [-0.3, -0.25) is 4.79 Å².